The summed E-state index contributed by atoms with van der Waals surface area (Å²) in [5.41, 5.74) is 0. The number of hydrogen-bond donors (Lipinski definition) is 0. The summed E-state index contributed by atoms with van der Waals surface area (Å²) in [6.07, 6.45) is 4.33. The molecule has 1 saturated heterocycles. The highest BCUT2D eigenvalue weighted by Gasteiger charge is 2.36. The largest absolute Gasteiger partial charge is 0.485 e. The van der Waals surface area contributed by atoms with E-state index >= 15 is 0 Å². The van der Waals surface area contributed by atoms with Gasteiger partial charge >= 0.3 is 0 Å². The molecule has 0 bridgehead atoms. The molecule has 120 valence electrons. The molecule has 2 atom stereocenters. The van der Waals surface area contributed by atoms with E-state index in [2.05, 4.69) is 4.98 Å². The van der Waals surface area contributed by atoms with E-state index in [1.165, 1.54) is 0 Å². The van der Waals surface area contributed by atoms with Crippen LogP contribution in [0.25, 0.3) is 0 Å². The third-order valence-corrected chi connectivity index (χ3v) is 5.18. The molecule has 0 N–H and O–H groups in total. The molecule has 2 aliphatic rings. The minimum Gasteiger partial charge on any atom is -0.485 e. The Bertz CT molecular complexity index is 689. The van der Waals surface area contributed by atoms with Crippen LogP contribution in [0.3, 0.4) is 0 Å². The summed E-state index contributed by atoms with van der Waals surface area (Å²) in [5.74, 6) is 1.34. The van der Waals surface area contributed by atoms with Crippen LogP contribution < -0.4 is 9.47 Å². The molecule has 23 heavy (non-hydrogen) atoms. The Morgan fingerprint density at radius 3 is 2.96 bits per heavy atom. The Balaban J connectivity index is 1.54. The van der Waals surface area contributed by atoms with Gasteiger partial charge in [-0.2, -0.15) is 0 Å². The Morgan fingerprint density at radius 1 is 1.26 bits per heavy atom. The Labute approximate surface area is 138 Å². The molecule has 6 heteroatoms. The lowest BCUT2D eigenvalue weighted by Gasteiger charge is -2.37. The molecule has 3 heterocycles. The molecule has 2 unspecified atom stereocenters. The number of thiazole rings is 1. The van der Waals surface area contributed by atoms with E-state index in [1.807, 2.05) is 34.5 Å². The third kappa shape index (κ3) is 2.79. The van der Waals surface area contributed by atoms with Gasteiger partial charge in [-0.3, -0.25) is 4.79 Å². The number of hydrogen-bond acceptors (Lipinski definition) is 5. The quantitative estimate of drug-likeness (QED) is 0.849. The molecule has 2 aliphatic heterocycles. The summed E-state index contributed by atoms with van der Waals surface area (Å²) in [5, 5.41) is 2.97. The zero-order valence-electron chi connectivity index (χ0n) is 12.7. The molecular weight excluding hydrogens is 312 g/mol. The van der Waals surface area contributed by atoms with E-state index < -0.39 is 6.10 Å². The van der Waals surface area contributed by atoms with E-state index in [0.717, 1.165) is 30.8 Å². The zero-order valence-corrected chi connectivity index (χ0v) is 13.5. The number of piperidine rings is 1. The van der Waals surface area contributed by atoms with Crippen molar-refractivity contribution in [3.8, 4) is 11.5 Å². The number of para-hydroxylation sites is 2. The van der Waals surface area contributed by atoms with Gasteiger partial charge in [0.1, 0.15) is 11.6 Å². The zero-order chi connectivity index (χ0) is 15.6. The summed E-state index contributed by atoms with van der Waals surface area (Å²) in [4.78, 5) is 19.3. The predicted molar refractivity (Wildman–Crippen MR) is 86.8 cm³/mol. The summed E-state index contributed by atoms with van der Waals surface area (Å²) >= 11 is 1.61. The van der Waals surface area contributed by atoms with Crippen LogP contribution in [-0.4, -0.2) is 35.0 Å². The first-order chi connectivity index (χ1) is 11.3. The number of carbonyl (C=O) groups is 1. The van der Waals surface area contributed by atoms with Gasteiger partial charge < -0.3 is 14.4 Å². The van der Waals surface area contributed by atoms with Gasteiger partial charge in [-0.1, -0.05) is 12.1 Å². The van der Waals surface area contributed by atoms with Crippen LogP contribution >= 0.6 is 11.3 Å². The van der Waals surface area contributed by atoms with Crippen LogP contribution in [0.15, 0.2) is 35.8 Å². The molecule has 1 aromatic heterocycles. The number of nitrogens with zero attached hydrogens (tertiary/aromatic N) is 2. The highest BCUT2D eigenvalue weighted by Crippen LogP contribution is 2.35. The summed E-state index contributed by atoms with van der Waals surface area (Å²) in [6.45, 7) is 1.02. The molecule has 1 fully saturated rings. The Kier molecular flexibility index (Phi) is 3.91. The first kappa shape index (κ1) is 14.5. The molecule has 5 nitrogen and oxygen atoms in total. The first-order valence-corrected chi connectivity index (χ1v) is 8.79. The molecule has 4 rings (SSSR count). The molecule has 0 radical (unpaired) electrons. The highest BCUT2D eigenvalue weighted by atomic mass is 32.1. The first-order valence-electron chi connectivity index (χ1n) is 7.91. The topological polar surface area (TPSA) is 51.7 Å². The second-order valence-electron chi connectivity index (χ2n) is 5.78. The minimum absolute atomic E-state index is 0.000553. The number of aromatic nitrogens is 1. The SMILES string of the molecule is O=C(C1COc2ccccc2O1)N1CCCCC1c1nccs1. The van der Waals surface area contributed by atoms with Gasteiger partial charge in [0.05, 0.1) is 6.04 Å². The van der Waals surface area contributed by atoms with Crippen molar-refractivity contribution in [2.75, 3.05) is 13.2 Å². The average Bonchev–Trinajstić information content (AvgIpc) is 3.15. The van der Waals surface area contributed by atoms with Crippen LogP contribution in [0, 0.1) is 0 Å². The van der Waals surface area contributed by atoms with Gasteiger partial charge in [-0.25, -0.2) is 4.98 Å². The van der Waals surface area contributed by atoms with Gasteiger partial charge in [0, 0.05) is 18.1 Å². The van der Waals surface area contributed by atoms with Crippen molar-refractivity contribution >= 4 is 17.2 Å². The number of ether oxygens (including phenoxy) is 2. The summed E-state index contributed by atoms with van der Waals surface area (Å²) in [6, 6.07) is 7.54. The van der Waals surface area contributed by atoms with Crippen molar-refractivity contribution in [3.63, 3.8) is 0 Å². The Morgan fingerprint density at radius 2 is 2.13 bits per heavy atom. The maximum absolute atomic E-state index is 13.0. The van der Waals surface area contributed by atoms with Crippen molar-refractivity contribution in [2.24, 2.45) is 0 Å². The standard InChI is InChI=1S/C17H18N2O3S/c20-17(15-11-21-13-6-1-2-7-14(13)22-15)19-9-4-3-5-12(19)16-18-8-10-23-16/h1-2,6-8,10,12,15H,3-5,9,11H2. The van der Waals surface area contributed by atoms with Gasteiger partial charge in [-0.05, 0) is 31.4 Å². The van der Waals surface area contributed by atoms with Crippen LogP contribution in [0.2, 0.25) is 0 Å². The fraction of sp³-hybridized carbons (Fsp3) is 0.412. The minimum atomic E-state index is -0.578. The highest BCUT2D eigenvalue weighted by molar-refractivity contribution is 7.09. The number of benzene rings is 1. The van der Waals surface area contributed by atoms with Crippen LogP contribution in [0.1, 0.15) is 30.3 Å². The van der Waals surface area contributed by atoms with Crippen LogP contribution in [-0.2, 0) is 4.79 Å². The summed E-state index contributed by atoms with van der Waals surface area (Å²) in [7, 11) is 0. The van der Waals surface area contributed by atoms with Crippen LogP contribution in [0.4, 0.5) is 0 Å². The molecule has 0 saturated carbocycles. The second kappa shape index (κ2) is 6.20. The van der Waals surface area contributed by atoms with Gasteiger partial charge in [0.2, 0.25) is 6.10 Å². The smallest absolute Gasteiger partial charge is 0.267 e. The van der Waals surface area contributed by atoms with E-state index in [0.29, 0.717) is 11.5 Å². The van der Waals surface area contributed by atoms with E-state index in [4.69, 9.17) is 9.47 Å². The summed E-state index contributed by atoms with van der Waals surface area (Å²) < 4.78 is 11.6. The number of amides is 1. The predicted octanol–water partition coefficient (Wildman–Crippen LogP) is 3.04. The lowest BCUT2D eigenvalue weighted by atomic mass is 10.0. The fourth-order valence-corrected chi connectivity index (χ4v) is 3.96. The van der Waals surface area contributed by atoms with E-state index in [-0.39, 0.29) is 18.6 Å². The van der Waals surface area contributed by atoms with Crippen molar-refractivity contribution in [1.82, 2.24) is 9.88 Å². The van der Waals surface area contributed by atoms with Crippen molar-refractivity contribution in [1.29, 1.82) is 0 Å². The molecular formula is C17H18N2O3S. The van der Waals surface area contributed by atoms with Crippen molar-refractivity contribution in [2.45, 2.75) is 31.4 Å². The second-order valence-corrected chi connectivity index (χ2v) is 6.70. The molecule has 0 aliphatic carbocycles. The van der Waals surface area contributed by atoms with Crippen molar-refractivity contribution < 1.29 is 14.3 Å². The van der Waals surface area contributed by atoms with Gasteiger partial charge in [0.25, 0.3) is 5.91 Å². The molecule has 2 aromatic rings. The number of likely N-dealkylation sites (tertiary alicyclic amines) is 1. The fourth-order valence-electron chi connectivity index (χ4n) is 3.18. The number of fused-ring (bicyclic) bond motifs is 1. The normalized spacial score (nSPS) is 23.6. The Hall–Kier alpha value is -2.08. The number of rotatable bonds is 2. The monoisotopic (exact) mass is 330 g/mol. The van der Waals surface area contributed by atoms with E-state index in [1.54, 1.807) is 17.5 Å². The average molecular weight is 330 g/mol. The van der Waals surface area contributed by atoms with Crippen LogP contribution in [0.5, 0.6) is 11.5 Å². The van der Waals surface area contributed by atoms with Crippen molar-refractivity contribution in [3.05, 3.63) is 40.8 Å². The lowest BCUT2D eigenvalue weighted by Crippen LogP contribution is -2.49. The van der Waals surface area contributed by atoms with Gasteiger partial charge in [-0.15, -0.1) is 11.3 Å². The molecule has 1 aromatic carbocycles. The number of carbonyl (C=O) groups excluding carboxylic acids is 1. The lowest BCUT2D eigenvalue weighted by molar-refractivity contribution is -0.145. The molecule has 1 amide bonds. The van der Waals surface area contributed by atoms with E-state index in [9.17, 15) is 4.79 Å². The third-order valence-electron chi connectivity index (χ3n) is 4.31. The molecule has 0 spiro atoms. The van der Waals surface area contributed by atoms with Gasteiger partial charge in [0.15, 0.2) is 11.5 Å². The maximum atomic E-state index is 13.0. The maximum Gasteiger partial charge on any atom is 0.267 e.